The van der Waals surface area contributed by atoms with Crippen molar-refractivity contribution in [1.82, 2.24) is 0 Å². The van der Waals surface area contributed by atoms with Gasteiger partial charge in [0.15, 0.2) is 0 Å². The SMILES string of the molecule is Cc1ccc(C(=C2C(=C(c3ccc(C)cc3)C(F)(F)F)C(=C(c3ccc(C)cc3)C(F)(F)F)C2=C(c2ccc(C)cc2)C(F)(F)F)C(F)(F)F)cc1. The Balaban J connectivity index is 2.22. The highest BCUT2D eigenvalue weighted by Crippen LogP contribution is 2.63. The van der Waals surface area contributed by atoms with Gasteiger partial charge in [0.2, 0.25) is 0 Å². The predicted molar refractivity (Wildman–Crippen MR) is 177 cm³/mol. The van der Waals surface area contributed by atoms with Gasteiger partial charge in [-0.2, -0.15) is 52.7 Å². The van der Waals surface area contributed by atoms with Gasteiger partial charge in [-0.1, -0.05) is 119 Å². The van der Waals surface area contributed by atoms with Crippen LogP contribution >= 0.6 is 0 Å². The van der Waals surface area contributed by atoms with Crippen LogP contribution < -0.4 is 0 Å². The van der Waals surface area contributed by atoms with Crippen molar-refractivity contribution < 1.29 is 52.7 Å². The Hall–Kier alpha value is -5.00. The van der Waals surface area contributed by atoms with E-state index in [0.29, 0.717) is 22.3 Å². The molecule has 272 valence electrons. The van der Waals surface area contributed by atoms with Crippen LogP contribution in [-0.4, -0.2) is 24.7 Å². The molecule has 0 bridgehead atoms. The molecule has 4 aromatic rings. The lowest BCUT2D eigenvalue weighted by atomic mass is 9.63. The number of allylic oxidation sites excluding steroid dienone is 8. The molecule has 0 unspecified atom stereocenters. The minimum atomic E-state index is -5.66. The summed E-state index contributed by atoms with van der Waals surface area (Å²) in [5.74, 6) is 0. The zero-order valence-electron chi connectivity index (χ0n) is 27.8. The van der Waals surface area contributed by atoms with Crippen LogP contribution in [0.5, 0.6) is 0 Å². The first-order chi connectivity index (χ1) is 24.0. The maximum atomic E-state index is 15.4. The van der Waals surface area contributed by atoms with E-state index >= 15 is 52.7 Å². The van der Waals surface area contributed by atoms with E-state index in [4.69, 9.17) is 0 Å². The largest absolute Gasteiger partial charge is 0.417 e. The normalized spacial score (nSPS) is 14.0. The third-order valence-electron chi connectivity index (χ3n) is 8.49. The Kier molecular flexibility index (Phi) is 9.94. The summed E-state index contributed by atoms with van der Waals surface area (Å²) in [6.07, 6.45) is -22.7. The number of halogens is 12. The average Bonchev–Trinajstić information content (AvgIpc) is 3.01. The van der Waals surface area contributed by atoms with Gasteiger partial charge < -0.3 is 0 Å². The predicted octanol–water partition coefficient (Wildman–Crippen LogP) is 13.3. The summed E-state index contributed by atoms with van der Waals surface area (Å²) >= 11 is 0. The zero-order chi connectivity index (χ0) is 38.6. The van der Waals surface area contributed by atoms with Crippen LogP contribution in [0.15, 0.2) is 119 Å². The van der Waals surface area contributed by atoms with Crippen LogP contribution in [0.25, 0.3) is 22.3 Å². The second kappa shape index (κ2) is 13.5. The molecule has 1 fully saturated rings. The van der Waals surface area contributed by atoms with Crippen LogP contribution in [0.4, 0.5) is 52.7 Å². The number of hydrogen-bond acceptors (Lipinski definition) is 0. The maximum absolute atomic E-state index is 15.4. The molecule has 0 nitrogen and oxygen atoms in total. The summed E-state index contributed by atoms with van der Waals surface area (Å²) in [4.78, 5) is 0. The lowest BCUT2D eigenvalue weighted by Crippen LogP contribution is -2.32. The molecule has 0 saturated heterocycles. The first-order valence-corrected chi connectivity index (χ1v) is 15.6. The fraction of sp³-hybridized carbons (Fsp3) is 0.200. The van der Waals surface area contributed by atoms with Crippen LogP contribution in [0.1, 0.15) is 44.5 Å². The molecule has 0 N–H and O–H groups in total. The van der Waals surface area contributed by atoms with Gasteiger partial charge in [-0.05, 0) is 49.9 Å². The number of benzene rings is 4. The van der Waals surface area contributed by atoms with Crippen molar-refractivity contribution in [2.24, 2.45) is 0 Å². The Morgan fingerprint density at radius 3 is 0.519 bits per heavy atom. The van der Waals surface area contributed by atoms with Crippen molar-refractivity contribution in [3.63, 3.8) is 0 Å². The molecule has 5 rings (SSSR count). The molecule has 1 saturated carbocycles. The lowest BCUT2D eigenvalue weighted by molar-refractivity contribution is -0.0732. The van der Waals surface area contributed by atoms with E-state index in [2.05, 4.69) is 0 Å². The first-order valence-electron chi connectivity index (χ1n) is 15.6. The molecular weight excluding hydrogens is 708 g/mol. The van der Waals surface area contributed by atoms with Gasteiger partial charge in [-0.15, -0.1) is 0 Å². The van der Waals surface area contributed by atoms with Gasteiger partial charge in [-0.25, -0.2) is 0 Å². The summed E-state index contributed by atoms with van der Waals surface area (Å²) in [5.41, 5.74) is -16.3. The van der Waals surface area contributed by atoms with Crippen molar-refractivity contribution in [1.29, 1.82) is 0 Å². The Labute approximate surface area is 291 Å². The van der Waals surface area contributed by atoms with Crippen molar-refractivity contribution in [3.05, 3.63) is 164 Å². The highest BCUT2D eigenvalue weighted by Gasteiger charge is 2.56. The molecule has 0 heterocycles. The molecule has 0 spiro atoms. The first kappa shape index (κ1) is 38.2. The number of hydrogen-bond donors (Lipinski definition) is 0. The molecule has 4 aromatic carbocycles. The van der Waals surface area contributed by atoms with Gasteiger partial charge in [0.1, 0.15) is 0 Å². The third kappa shape index (κ3) is 7.61. The van der Waals surface area contributed by atoms with Crippen molar-refractivity contribution in [2.75, 3.05) is 0 Å². The van der Waals surface area contributed by atoms with Crippen molar-refractivity contribution >= 4 is 22.3 Å². The average molecular weight is 737 g/mol. The minimum absolute atomic E-state index is 0.404. The van der Waals surface area contributed by atoms with Crippen molar-refractivity contribution in [3.8, 4) is 0 Å². The fourth-order valence-corrected chi connectivity index (χ4v) is 6.12. The van der Waals surface area contributed by atoms with E-state index in [9.17, 15) is 0 Å². The smallest absolute Gasteiger partial charge is 0.166 e. The van der Waals surface area contributed by atoms with E-state index in [1.165, 1.54) is 27.7 Å². The van der Waals surface area contributed by atoms with E-state index in [0.717, 1.165) is 97.1 Å². The monoisotopic (exact) mass is 736 g/mol. The van der Waals surface area contributed by atoms with Crippen LogP contribution in [0.3, 0.4) is 0 Å². The molecular formula is C40H28F12. The van der Waals surface area contributed by atoms with Gasteiger partial charge in [0, 0.05) is 22.3 Å². The number of rotatable bonds is 4. The second-order valence-electron chi connectivity index (χ2n) is 12.5. The van der Waals surface area contributed by atoms with Crippen LogP contribution in [0.2, 0.25) is 0 Å². The standard InChI is InChI=1S/C40H28F12/c1-21-5-13-25(14-6-21)33(37(41,42)43)29-30(34(38(44,45)46)26-15-7-22(2)8-16-26)32(36(40(50,51)52)28-19-11-24(4)12-20-28)31(29)35(39(47,48)49)27-17-9-23(3)10-18-27/h5-20H,1-4H3. The topological polar surface area (TPSA) is 0 Å². The number of aryl methyl sites for hydroxylation is 4. The van der Waals surface area contributed by atoms with Crippen LogP contribution in [-0.2, 0) is 0 Å². The number of alkyl halides is 12. The highest BCUT2D eigenvalue weighted by molar-refractivity contribution is 6.09. The summed E-state index contributed by atoms with van der Waals surface area (Å²) < 4.78 is 185. The second-order valence-corrected chi connectivity index (χ2v) is 12.5. The lowest BCUT2D eigenvalue weighted by Gasteiger charge is -2.40. The summed E-state index contributed by atoms with van der Waals surface area (Å²) in [6, 6.07) is 16.1. The molecule has 0 aliphatic heterocycles. The van der Waals surface area contributed by atoms with Gasteiger partial charge in [-0.3, -0.25) is 0 Å². The zero-order valence-corrected chi connectivity index (χ0v) is 27.8. The highest BCUT2D eigenvalue weighted by atomic mass is 19.4. The molecule has 0 radical (unpaired) electrons. The van der Waals surface area contributed by atoms with Gasteiger partial charge in [0.25, 0.3) is 0 Å². The molecule has 52 heavy (non-hydrogen) atoms. The van der Waals surface area contributed by atoms with E-state index in [1.807, 2.05) is 0 Å². The van der Waals surface area contributed by atoms with E-state index in [1.54, 1.807) is 0 Å². The third-order valence-corrected chi connectivity index (χ3v) is 8.49. The molecule has 0 aromatic heterocycles. The molecule has 1 aliphatic rings. The quantitative estimate of drug-likeness (QED) is 0.183. The minimum Gasteiger partial charge on any atom is -0.166 e. The molecule has 1 aliphatic carbocycles. The summed E-state index contributed by atoms with van der Waals surface area (Å²) in [5, 5.41) is 0. The van der Waals surface area contributed by atoms with Crippen LogP contribution in [0, 0.1) is 27.7 Å². The van der Waals surface area contributed by atoms with Gasteiger partial charge in [0.05, 0.1) is 22.3 Å². The fourth-order valence-electron chi connectivity index (χ4n) is 6.12. The van der Waals surface area contributed by atoms with Crippen molar-refractivity contribution in [2.45, 2.75) is 52.4 Å². The van der Waals surface area contributed by atoms with Gasteiger partial charge >= 0.3 is 24.7 Å². The Bertz CT molecular complexity index is 1770. The Morgan fingerprint density at radius 1 is 0.269 bits per heavy atom. The molecule has 12 heteroatoms. The Morgan fingerprint density at radius 2 is 0.404 bits per heavy atom. The summed E-state index contributed by atoms with van der Waals surface area (Å²) in [7, 11) is 0. The summed E-state index contributed by atoms with van der Waals surface area (Å²) in [6.45, 7) is 5.95. The maximum Gasteiger partial charge on any atom is 0.417 e. The van der Waals surface area contributed by atoms with E-state index < -0.39 is 91.5 Å². The molecule has 0 amide bonds. The van der Waals surface area contributed by atoms with E-state index in [-0.39, 0.29) is 0 Å². The molecule has 0 atom stereocenters.